The fourth-order valence-electron chi connectivity index (χ4n) is 5.26. The molecule has 5 rings (SSSR count). The second-order valence-electron chi connectivity index (χ2n) is 9.26. The van der Waals surface area contributed by atoms with E-state index >= 15 is 0 Å². The van der Waals surface area contributed by atoms with Gasteiger partial charge in [-0.3, -0.25) is 9.89 Å². The van der Waals surface area contributed by atoms with Crippen LogP contribution in [0.15, 0.2) is 53.3 Å². The van der Waals surface area contributed by atoms with Gasteiger partial charge in [0.25, 0.3) is 5.56 Å². The molecule has 1 atom stereocenters. The van der Waals surface area contributed by atoms with Gasteiger partial charge in [-0.1, -0.05) is 43.3 Å². The van der Waals surface area contributed by atoms with Crippen LogP contribution in [0, 0.1) is 6.92 Å². The summed E-state index contributed by atoms with van der Waals surface area (Å²) < 4.78 is 7.09. The Morgan fingerprint density at radius 2 is 1.83 bits per heavy atom. The van der Waals surface area contributed by atoms with Crippen LogP contribution in [0.5, 0.6) is 5.75 Å². The Morgan fingerprint density at radius 1 is 1.09 bits per heavy atom. The molecule has 35 heavy (non-hydrogen) atoms. The highest BCUT2D eigenvalue weighted by atomic mass is 16.5. The van der Waals surface area contributed by atoms with Gasteiger partial charge in [0, 0.05) is 42.9 Å². The highest BCUT2D eigenvalue weighted by molar-refractivity contribution is 5.86. The molecule has 4 aromatic rings. The van der Waals surface area contributed by atoms with Crippen molar-refractivity contribution >= 4 is 17.0 Å². The van der Waals surface area contributed by atoms with Gasteiger partial charge in [0.15, 0.2) is 5.65 Å². The van der Waals surface area contributed by atoms with E-state index in [-0.39, 0.29) is 11.5 Å². The number of piperidine rings is 1. The fraction of sp³-hybridized carbons (Fsp3) is 0.357. The van der Waals surface area contributed by atoms with E-state index in [0.717, 1.165) is 65.6 Å². The van der Waals surface area contributed by atoms with Crippen LogP contribution in [0.1, 0.15) is 48.9 Å². The number of hydrogen-bond donors (Lipinski definition) is 2. The zero-order valence-electron chi connectivity index (χ0n) is 20.9. The van der Waals surface area contributed by atoms with E-state index in [1.54, 1.807) is 11.6 Å². The molecule has 0 saturated carbocycles. The molecule has 0 amide bonds. The molecule has 0 aliphatic carbocycles. The van der Waals surface area contributed by atoms with Crippen molar-refractivity contribution in [2.45, 2.75) is 39.0 Å². The third-order valence-electron chi connectivity index (χ3n) is 7.14. The highest BCUT2D eigenvalue weighted by Gasteiger charge is 2.26. The number of nitrogens with one attached hydrogen (secondary N) is 2. The maximum Gasteiger partial charge on any atom is 0.276 e. The van der Waals surface area contributed by atoms with Gasteiger partial charge in [-0.25, -0.2) is 4.98 Å². The van der Waals surface area contributed by atoms with Gasteiger partial charge in [0.2, 0.25) is 0 Å². The number of anilines is 2. The van der Waals surface area contributed by atoms with Gasteiger partial charge in [0.05, 0.1) is 18.5 Å². The van der Waals surface area contributed by atoms with E-state index in [1.807, 2.05) is 50.4 Å². The summed E-state index contributed by atoms with van der Waals surface area (Å²) in [6, 6.07) is 16.2. The zero-order valence-corrected chi connectivity index (χ0v) is 20.9. The predicted molar refractivity (Wildman–Crippen MR) is 142 cm³/mol. The van der Waals surface area contributed by atoms with E-state index in [0.29, 0.717) is 11.2 Å². The molecule has 2 aromatic heterocycles. The molecule has 0 bridgehead atoms. The number of fused-ring (bicyclic) bond motifs is 1. The first-order valence-corrected chi connectivity index (χ1v) is 12.3. The molecule has 3 heterocycles. The summed E-state index contributed by atoms with van der Waals surface area (Å²) in [5, 5.41) is 6.61. The van der Waals surface area contributed by atoms with E-state index in [1.165, 1.54) is 6.42 Å². The Balaban J connectivity index is 1.69. The first-order valence-electron chi connectivity index (χ1n) is 12.3. The molecule has 0 spiro atoms. The van der Waals surface area contributed by atoms with Gasteiger partial charge >= 0.3 is 0 Å². The minimum Gasteiger partial charge on any atom is -0.495 e. The Morgan fingerprint density at radius 3 is 2.51 bits per heavy atom. The van der Waals surface area contributed by atoms with Crippen molar-refractivity contribution in [2.24, 2.45) is 0 Å². The first kappa shape index (κ1) is 23.0. The van der Waals surface area contributed by atoms with Crippen molar-refractivity contribution in [2.75, 3.05) is 37.5 Å². The lowest BCUT2D eigenvalue weighted by molar-refractivity contribution is 0.416. The van der Waals surface area contributed by atoms with Crippen LogP contribution in [0.3, 0.4) is 0 Å². The number of ether oxygens (including phenoxy) is 1. The smallest absolute Gasteiger partial charge is 0.276 e. The second-order valence-corrected chi connectivity index (χ2v) is 9.26. The van der Waals surface area contributed by atoms with Gasteiger partial charge in [-0.2, -0.15) is 4.52 Å². The van der Waals surface area contributed by atoms with Crippen molar-refractivity contribution in [3.63, 3.8) is 0 Å². The number of aryl methyl sites for hydroxylation is 1. The molecule has 7 nitrogen and oxygen atoms in total. The van der Waals surface area contributed by atoms with Gasteiger partial charge in [0.1, 0.15) is 11.4 Å². The lowest BCUT2D eigenvalue weighted by Crippen LogP contribution is -2.30. The van der Waals surface area contributed by atoms with Gasteiger partial charge < -0.3 is 15.0 Å². The molecule has 1 fully saturated rings. The summed E-state index contributed by atoms with van der Waals surface area (Å²) in [6.45, 7) is 5.95. The number of methoxy groups -OCH3 is 1. The molecule has 1 aliphatic heterocycles. The molecular weight excluding hydrogens is 438 g/mol. The second kappa shape index (κ2) is 9.49. The van der Waals surface area contributed by atoms with Crippen molar-refractivity contribution in [1.82, 2.24) is 14.6 Å². The van der Waals surface area contributed by atoms with Crippen LogP contribution in [0.4, 0.5) is 11.4 Å². The Labute approximate surface area is 205 Å². The van der Waals surface area contributed by atoms with Crippen LogP contribution >= 0.6 is 0 Å². The number of rotatable bonds is 6. The minimum absolute atomic E-state index is 0.0535. The Bertz CT molecular complexity index is 1400. The molecule has 2 N–H and O–H groups in total. The Kier molecular flexibility index (Phi) is 6.24. The lowest BCUT2D eigenvalue weighted by atomic mass is 9.92. The van der Waals surface area contributed by atoms with Crippen LogP contribution in [0.2, 0.25) is 0 Å². The Hall–Kier alpha value is -3.74. The standard InChI is InChI=1S/C28H33N5O2/c1-18(21-13-14-23(35-4)22(17-21)29-3)24-19(2)30-27-26(32-15-9-6-10-16-32)25(31-33(27)28(24)34)20-11-7-5-8-12-20/h5,7-8,11-14,17-18,29,31H,6,9-10,15-16H2,1-4H3/t18-/m1/s1. The zero-order chi connectivity index (χ0) is 24.5. The average Bonchev–Trinajstić information content (AvgIpc) is 3.28. The first-order chi connectivity index (χ1) is 17.0. The maximum atomic E-state index is 14.0. The summed E-state index contributed by atoms with van der Waals surface area (Å²) in [5.41, 5.74) is 7.06. The lowest BCUT2D eigenvalue weighted by Gasteiger charge is -2.28. The van der Waals surface area contributed by atoms with E-state index in [2.05, 4.69) is 34.4 Å². The van der Waals surface area contributed by atoms with Crippen molar-refractivity contribution in [1.29, 1.82) is 0 Å². The number of aromatic nitrogens is 3. The van der Waals surface area contributed by atoms with Gasteiger partial charge in [-0.15, -0.1) is 0 Å². The van der Waals surface area contributed by atoms with Crippen LogP contribution in [0.25, 0.3) is 16.9 Å². The van der Waals surface area contributed by atoms with Crippen molar-refractivity contribution in [3.05, 3.63) is 75.7 Å². The minimum atomic E-state index is -0.133. The van der Waals surface area contributed by atoms with Crippen molar-refractivity contribution < 1.29 is 4.74 Å². The summed E-state index contributed by atoms with van der Waals surface area (Å²) in [4.78, 5) is 21.4. The van der Waals surface area contributed by atoms with Gasteiger partial charge in [-0.05, 0) is 43.9 Å². The monoisotopic (exact) mass is 471 g/mol. The van der Waals surface area contributed by atoms with Crippen LogP contribution in [-0.4, -0.2) is 41.8 Å². The number of hydrogen-bond acceptors (Lipinski definition) is 5. The highest BCUT2D eigenvalue weighted by Crippen LogP contribution is 2.36. The third kappa shape index (κ3) is 4.05. The topological polar surface area (TPSA) is 74.7 Å². The van der Waals surface area contributed by atoms with E-state index in [4.69, 9.17) is 9.72 Å². The summed E-state index contributed by atoms with van der Waals surface area (Å²) >= 11 is 0. The third-order valence-corrected chi connectivity index (χ3v) is 7.14. The SMILES string of the molecule is CNc1cc([C@@H](C)c2c(C)nc3c(N4CCCCC4)c(-c4ccccc4)[nH]n3c2=O)ccc1OC. The fourth-order valence-corrected chi connectivity index (χ4v) is 5.26. The van der Waals surface area contributed by atoms with Crippen LogP contribution in [-0.2, 0) is 0 Å². The summed E-state index contributed by atoms with van der Waals surface area (Å²) in [5.74, 6) is 0.639. The number of aromatic amines is 1. The van der Waals surface area contributed by atoms with Crippen molar-refractivity contribution in [3.8, 4) is 17.0 Å². The molecule has 0 radical (unpaired) electrons. The molecular formula is C28H33N5O2. The quantitative estimate of drug-likeness (QED) is 0.405. The summed E-state index contributed by atoms with van der Waals surface area (Å²) in [6.07, 6.45) is 3.54. The normalized spacial score (nSPS) is 14.8. The molecule has 7 heteroatoms. The summed E-state index contributed by atoms with van der Waals surface area (Å²) in [7, 11) is 3.52. The van der Waals surface area contributed by atoms with Crippen LogP contribution < -0.4 is 20.5 Å². The molecule has 1 aliphatic rings. The van der Waals surface area contributed by atoms with E-state index < -0.39 is 0 Å². The largest absolute Gasteiger partial charge is 0.495 e. The number of benzene rings is 2. The number of H-pyrrole nitrogens is 1. The average molecular weight is 472 g/mol. The predicted octanol–water partition coefficient (Wildman–Crippen LogP) is 5.19. The maximum absolute atomic E-state index is 14.0. The molecule has 182 valence electrons. The molecule has 1 saturated heterocycles. The van der Waals surface area contributed by atoms with E-state index in [9.17, 15) is 4.79 Å². The molecule has 2 aromatic carbocycles. The molecule has 0 unspecified atom stereocenters. The number of nitrogens with zero attached hydrogens (tertiary/aromatic N) is 3.